The van der Waals surface area contributed by atoms with Gasteiger partial charge in [0.1, 0.15) is 0 Å². The molecule has 1 aromatic heterocycles. The van der Waals surface area contributed by atoms with Gasteiger partial charge in [0.25, 0.3) is 0 Å². The fourth-order valence-electron chi connectivity index (χ4n) is 1.81. The van der Waals surface area contributed by atoms with Crippen molar-refractivity contribution in [2.24, 2.45) is 5.92 Å². The molecular weight excluding hydrogens is 196 g/mol. The Bertz CT molecular complexity index is 299. The Kier molecular flexibility index (Phi) is 2.86. The van der Waals surface area contributed by atoms with Crippen LogP contribution in [0.25, 0.3) is 0 Å². The van der Waals surface area contributed by atoms with Gasteiger partial charge >= 0.3 is 0 Å². The molecule has 78 valence electrons. The van der Waals surface area contributed by atoms with Gasteiger partial charge in [-0.2, -0.15) is 9.36 Å². The Morgan fingerprint density at radius 2 is 2.29 bits per heavy atom. The van der Waals surface area contributed by atoms with Gasteiger partial charge in [-0.15, -0.1) is 0 Å². The van der Waals surface area contributed by atoms with Crippen molar-refractivity contribution in [3.05, 3.63) is 0 Å². The summed E-state index contributed by atoms with van der Waals surface area (Å²) < 4.78 is 4.01. The van der Waals surface area contributed by atoms with Gasteiger partial charge in [-0.25, -0.2) is 0 Å². The summed E-state index contributed by atoms with van der Waals surface area (Å²) in [5.41, 5.74) is 5.51. The molecule has 2 heterocycles. The van der Waals surface area contributed by atoms with E-state index in [2.05, 4.69) is 21.2 Å². The molecule has 0 aliphatic carbocycles. The fourth-order valence-corrected chi connectivity index (χ4v) is 2.46. The minimum atomic E-state index is 0.405. The van der Waals surface area contributed by atoms with Gasteiger partial charge in [0.2, 0.25) is 11.1 Å². The molecule has 0 spiro atoms. The first-order valence-electron chi connectivity index (χ1n) is 5.10. The molecule has 0 aromatic carbocycles. The van der Waals surface area contributed by atoms with E-state index in [0.717, 1.165) is 24.1 Å². The van der Waals surface area contributed by atoms with Gasteiger partial charge in [-0.1, -0.05) is 6.92 Å². The molecular formula is C9H16N4S. The van der Waals surface area contributed by atoms with E-state index in [-0.39, 0.29) is 0 Å². The Morgan fingerprint density at radius 3 is 3.00 bits per heavy atom. The van der Waals surface area contributed by atoms with E-state index >= 15 is 0 Å². The third-order valence-corrected chi connectivity index (χ3v) is 3.51. The molecule has 0 radical (unpaired) electrons. The zero-order chi connectivity index (χ0) is 9.97. The minimum absolute atomic E-state index is 0.405. The van der Waals surface area contributed by atoms with Crippen LogP contribution < -0.4 is 10.6 Å². The maximum absolute atomic E-state index is 5.51. The van der Waals surface area contributed by atoms with Gasteiger partial charge in [0.15, 0.2) is 0 Å². The fraction of sp³-hybridized carbons (Fsp3) is 0.778. The molecule has 5 heteroatoms. The summed E-state index contributed by atoms with van der Waals surface area (Å²) in [6.45, 7) is 4.51. The molecule has 4 nitrogen and oxygen atoms in total. The van der Waals surface area contributed by atoms with E-state index in [1.807, 2.05) is 0 Å². The lowest BCUT2D eigenvalue weighted by atomic mass is 10.0. The predicted octanol–water partition coefficient (Wildman–Crippen LogP) is 1.75. The normalized spacial score (nSPS) is 23.5. The maximum Gasteiger partial charge on any atom is 0.233 e. The molecule has 14 heavy (non-hydrogen) atoms. The number of anilines is 2. The van der Waals surface area contributed by atoms with Crippen molar-refractivity contribution in [1.82, 2.24) is 9.36 Å². The Hall–Kier alpha value is -0.840. The van der Waals surface area contributed by atoms with Crippen molar-refractivity contribution in [1.29, 1.82) is 0 Å². The van der Waals surface area contributed by atoms with E-state index in [9.17, 15) is 0 Å². The summed E-state index contributed by atoms with van der Waals surface area (Å²) in [7, 11) is 0. The number of nitrogens with zero attached hydrogens (tertiary/aromatic N) is 3. The lowest BCUT2D eigenvalue weighted by Gasteiger charge is -2.17. The van der Waals surface area contributed by atoms with Crippen molar-refractivity contribution in [3.63, 3.8) is 0 Å². The summed E-state index contributed by atoms with van der Waals surface area (Å²) in [5.74, 6) is 1.24. The van der Waals surface area contributed by atoms with Crippen LogP contribution in [0.5, 0.6) is 0 Å². The third-order valence-electron chi connectivity index (χ3n) is 2.72. The molecule has 1 unspecified atom stereocenters. The summed E-state index contributed by atoms with van der Waals surface area (Å²) in [4.78, 5) is 6.52. The molecule has 2 rings (SSSR count). The highest BCUT2D eigenvalue weighted by atomic mass is 32.1. The van der Waals surface area contributed by atoms with Gasteiger partial charge in [-0.3, -0.25) is 0 Å². The second-order valence-electron chi connectivity index (χ2n) is 3.96. The van der Waals surface area contributed by atoms with Crippen molar-refractivity contribution >= 4 is 22.6 Å². The highest BCUT2D eigenvalue weighted by Gasteiger charge is 2.16. The second kappa shape index (κ2) is 4.13. The first-order chi connectivity index (χ1) is 6.75. The van der Waals surface area contributed by atoms with Crippen molar-refractivity contribution in [2.75, 3.05) is 23.7 Å². The van der Waals surface area contributed by atoms with Gasteiger partial charge in [-0.05, 0) is 25.2 Å². The number of nitrogens with two attached hydrogens (primary N) is 1. The maximum atomic E-state index is 5.51. The molecule has 1 aromatic rings. The minimum Gasteiger partial charge on any atom is -0.367 e. The third kappa shape index (κ3) is 2.15. The summed E-state index contributed by atoms with van der Waals surface area (Å²) in [6.07, 6.45) is 3.82. The predicted molar refractivity (Wildman–Crippen MR) is 59.5 cm³/mol. The molecule has 2 N–H and O–H groups in total. The second-order valence-corrected chi connectivity index (χ2v) is 4.69. The Morgan fingerprint density at radius 1 is 1.43 bits per heavy atom. The molecule has 1 atom stereocenters. The lowest BCUT2D eigenvalue weighted by Crippen LogP contribution is -2.23. The van der Waals surface area contributed by atoms with Crippen LogP contribution in [0.3, 0.4) is 0 Å². The SMILES string of the molecule is CC1CCCN(c2nc(N)ns2)CC1. The van der Waals surface area contributed by atoms with Crippen LogP contribution in [-0.4, -0.2) is 22.4 Å². The zero-order valence-corrected chi connectivity index (χ0v) is 9.26. The average Bonchev–Trinajstić information content (AvgIpc) is 2.46. The first kappa shape index (κ1) is 9.71. The molecule has 0 amide bonds. The van der Waals surface area contributed by atoms with Gasteiger partial charge < -0.3 is 10.6 Å². The molecule has 1 aliphatic rings. The topological polar surface area (TPSA) is 55.0 Å². The van der Waals surface area contributed by atoms with Crippen LogP contribution in [0.15, 0.2) is 0 Å². The van der Waals surface area contributed by atoms with Crippen molar-refractivity contribution < 1.29 is 0 Å². The monoisotopic (exact) mass is 212 g/mol. The summed E-state index contributed by atoms with van der Waals surface area (Å²) >= 11 is 1.41. The van der Waals surface area contributed by atoms with E-state index in [4.69, 9.17) is 5.73 Å². The number of hydrogen-bond acceptors (Lipinski definition) is 5. The van der Waals surface area contributed by atoms with Crippen molar-refractivity contribution in [2.45, 2.75) is 26.2 Å². The van der Waals surface area contributed by atoms with Crippen LogP contribution in [0.4, 0.5) is 11.1 Å². The van der Waals surface area contributed by atoms with Crippen LogP contribution in [0, 0.1) is 5.92 Å². The van der Waals surface area contributed by atoms with Gasteiger partial charge in [0, 0.05) is 24.6 Å². The zero-order valence-electron chi connectivity index (χ0n) is 8.44. The number of aromatic nitrogens is 2. The Labute approximate surface area is 88.3 Å². The molecule has 0 saturated carbocycles. The van der Waals surface area contributed by atoms with Crippen LogP contribution >= 0.6 is 11.5 Å². The summed E-state index contributed by atoms with van der Waals surface area (Å²) in [6, 6.07) is 0. The van der Waals surface area contributed by atoms with E-state index in [1.54, 1.807) is 0 Å². The largest absolute Gasteiger partial charge is 0.367 e. The molecule has 1 saturated heterocycles. The van der Waals surface area contributed by atoms with E-state index in [0.29, 0.717) is 5.95 Å². The molecule has 1 fully saturated rings. The number of rotatable bonds is 1. The summed E-state index contributed by atoms with van der Waals surface area (Å²) in [5, 5.41) is 0.983. The Balaban J connectivity index is 2.04. The van der Waals surface area contributed by atoms with Crippen LogP contribution in [-0.2, 0) is 0 Å². The van der Waals surface area contributed by atoms with Crippen LogP contribution in [0.2, 0.25) is 0 Å². The molecule has 1 aliphatic heterocycles. The van der Waals surface area contributed by atoms with E-state index < -0.39 is 0 Å². The smallest absolute Gasteiger partial charge is 0.233 e. The number of hydrogen-bond donors (Lipinski definition) is 1. The average molecular weight is 212 g/mol. The number of nitrogen functional groups attached to an aromatic ring is 1. The highest BCUT2D eigenvalue weighted by molar-refractivity contribution is 7.09. The van der Waals surface area contributed by atoms with E-state index in [1.165, 1.54) is 30.8 Å². The van der Waals surface area contributed by atoms with Crippen molar-refractivity contribution in [3.8, 4) is 0 Å². The highest BCUT2D eigenvalue weighted by Crippen LogP contribution is 2.23. The first-order valence-corrected chi connectivity index (χ1v) is 5.87. The lowest BCUT2D eigenvalue weighted by molar-refractivity contribution is 0.521. The quantitative estimate of drug-likeness (QED) is 0.770. The standard InChI is InChI=1S/C9H16N4S/c1-7-3-2-5-13(6-4-7)9-11-8(10)12-14-9/h7H,2-6H2,1H3,(H2,10,12). The van der Waals surface area contributed by atoms with Gasteiger partial charge in [0.05, 0.1) is 0 Å². The van der Waals surface area contributed by atoms with Crippen LogP contribution in [0.1, 0.15) is 26.2 Å². The molecule has 0 bridgehead atoms.